The van der Waals surface area contributed by atoms with Crippen LogP contribution in [-0.4, -0.2) is 37.7 Å². The number of benzene rings is 1. The van der Waals surface area contributed by atoms with Crippen LogP contribution in [-0.2, 0) is 11.3 Å². The van der Waals surface area contributed by atoms with Gasteiger partial charge in [0.1, 0.15) is 5.82 Å². The van der Waals surface area contributed by atoms with E-state index in [0.29, 0.717) is 0 Å². The minimum Gasteiger partial charge on any atom is -0.379 e. The third kappa shape index (κ3) is 5.26. The zero-order chi connectivity index (χ0) is 15.2. The van der Waals surface area contributed by atoms with Crippen molar-refractivity contribution >= 4 is 23.7 Å². The van der Waals surface area contributed by atoms with Crippen molar-refractivity contribution in [3.63, 3.8) is 0 Å². The van der Waals surface area contributed by atoms with Crippen LogP contribution in [0.1, 0.15) is 17.2 Å². The topological polar surface area (TPSA) is 24.5 Å². The van der Waals surface area contributed by atoms with Crippen LogP contribution in [0.5, 0.6) is 0 Å². The molecule has 1 aliphatic rings. The van der Waals surface area contributed by atoms with Crippen molar-refractivity contribution < 1.29 is 9.13 Å². The molecular weight excluding hydrogens is 335 g/mol. The van der Waals surface area contributed by atoms with Crippen molar-refractivity contribution in [1.29, 1.82) is 0 Å². The van der Waals surface area contributed by atoms with Crippen molar-refractivity contribution in [3.8, 4) is 0 Å². The zero-order valence-corrected chi connectivity index (χ0v) is 14.5. The Morgan fingerprint density at radius 3 is 2.78 bits per heavy atom. The highest BCUT2D eigenvalue weighted by Gasteiger charge is 2.22. The molecule has 0 amide bonds. The Morgan fingerprint density at radius 2 is 2.09 bits per heavy atom. The van der Waals surface area contributed by atoms with Gasteiger partial charge in [-0.2, -0.15) is 11.3 Å². The van der Waals surface area contributed by atoms with Crippen molar-refractivity contribution in [2.24, 2.45) is 0 Å². The summed E-state index contributed by atoms with van der Waals surface area (Å²) in [6, 6.07) is 9.25. The second-order valence-corrected chi connectivity index (χ2v) is 6.26. The molecule has 0 bridgehead atoms. The standard InChI is InChI=1S/C17H21FN2OS.ClH/c18-16-3-1-2-15(10-16)17(20-5-7-21-8-6-20)12-19-11-14-4-9-22-13-14;/h1-4,9-10,13,17,19H,5-8,11-12H2;1H. The van der Waals surface area contributed by atoms with Gasteiger partial charge < -0.3 is 10.1 Å². The summed E-state index contributed by atoms with van der Waals surface area (Å²) in [7, 11) is 0. The first-order valence-corrected chi connectivity index (χ1v) is 8.56. The van der Waals surface area contributed by atoms with Crippen molar-refractivity contribution in [2.75, 3.05) is 32.8 Å². The smallest absolute Gasteiger partial charge is 0.123 e. The Kier molecular flexibility index (Phi) is 7.46. The van der Waals surface area contributed by atoms with Crippen LogP contribution in [0, 0.1) is 5.82 Å². The van der Waals surface area contributed by atoms with Crippen molar-refractivity contribution in [3.05, 3.63) is 58.0 Å². The van der Waals surface area contributed by atoms with Crippen molar-refractivity contribution in [2.45, 2.75) is 12.6 Å². The maximum Gasteiger partial charge on any atom is 0.123 e. The molecule has 3 rings (SSSR count). The highest BCUT2D eigenvalue weighted by Crippen LogP contribution is 2.22. The van der Waals surface area contributed by atoms with Crippen LogP contribution >= 0.6 is 23.7 Å². The molecule has 1 unspecified atom stereocenters. The predicted molar refractivity (Wildman–Crippen MR) is 94.8 cm³/mol. The Balaban J connectivity index is 0.00000192. The number of halogens is 2. The number of ether oxygens (including phenoxy) is 1. The maximum absolute atomic E-state index is 13.6. The second kappa shape index (κ2) is 9.35. The highest BCUT2D eigenvalue weighted by atomic mass is 35.5. The van der Waals surface area contributed by atoms with E-state index in [9.17, 15) is 4.39 Å². The van der Waals surface area contributed by atoms with Crippen LogP contribution in [0.25, 0.3) is 0 Å². The van der Waals surface area contributed by atoms with Crippen LogP contribution < -0.4 is 5.32 Å². The first-order chi connectivity index (χ1) is 10.8. The van der Waals surface area contributed by atoms with Crippen LogP contribution in [0.4, 0.5) is 4.39 Å². The number of morpholine rings is 1. The third-order valence-corrected chi connectivity index (χ3v) is 4.70. The van der Waals surface area contributed by atoms with Crippen LogP contribution in [0.3, 0.4) is 0 Å². The van der Waals surface area contributed by atoms with Gasteiger partial charge in [-0.3, -0.25) is 4.90 Å². The molecule has 1 fully saturated rings. The molecule has 1 aromatic carbocycles. The monoisotopic (exact) mass is 356 g/mol. The molecule has 0 radical (unpaired) electrons. The number of hydrogen-bond acceptors (Lipinski definition) is 4. The molecular formula is C17H22ClFN2OS. The van der Waals surface area contributed by atoms with E-state index in [1.165, 1.54) is 11.6 Å². The molecule has 0 saturated carbocycles. The summed E-state index contributed by atoms with van der Waals surface area (Å²) >= 11 is 1.71. The summed E-state index contributed by atoms with van der Waals surface area (Å²) in [5.74, 6) is -0.173. The lowest BCUT2D eigenvalue weighted by Gasteiger charge is -2.35. The number of rotatable bonds is 6. The minimum absolute atomic E-state index is 0. The maximum atomic E-state index is 13.6. The molecule has 2 aromatic rings. The molecule has 126 valence electrons. The Hall–Kier alpha value is -0.980. The molecule has 1 atom stereocenters. The number of nitrogens with one attached hydrogen (secondary N) is 1. The SMILES string of the molecule is Cl.Fc1cccc(C(CNCc2ccsc2)N2CCOCC2)c1. The number of nitrogens with zero attached hydrogens (tertiary/aromatic N) is 1. The molecule has 6 heteroatoms. The van der Waals surface area contributed by atoms with Gasteiger partial charge in [-0.1, -0.05) is 12.1 Å². The molecule has 0 aliphatic carbocycles. The fourth-order valence-electron chi connectivity index (χ4n) is 2.81. The predicted octanol–water partition coefficient (Wildman–Crippen LogP) is 3.47. The van der Waals surface area contributed by atoms with Gasteiger partial charge in [-0.05, 0) is 40.1 Å². The summed E-state index contributed by atoms with van der Waals surface area (Å²) in [6.07, 6.45) is 0. The molecule has 2 heterocycles. The van der Waals surface area contributed by atoms with E-state index in [4.69, 9.17) is 4.74 Å². The summed E-state index contributed by atoms with van der Waals surface area (Å²) in [4.78, 5) is 2.37. The van der Waals surface area contributed by atoms with Gasteiger partial charge in [0.15, 0.2) is 0 Å². The molecule has 23 heavy (non-hydrogen) atoms. The van der Waals surface area contributed by atoms with E-state index < -0.39 is 0 Å². The van der Waals surface area contributed by atoms with Gasteiger partial charge in [0.2, 0.25) is 0 Å². The van der Waals surface area contributed by atoms with Gasteiger partial charge in [0, 0.05) is 32.2 Å². The Bertz CT molecular complexity index is 576. The Morgan fingerprint density at radius 1 is 1.26 bits per heavy atom. The van der Waals surface area contributed by atoms with E-state index in [-0.39, 0.29) is 24.3 Å². The second-order valence-electron chi connectivity index (χ2n) is 5.48. The van der Waals surface area contributed by atoms with Gasteiger partial charge in [0.25, 0.3) is 0 Å². The highest BCUT2D eigenvalue weighted by molar-refractivity contribution is 7.07. The van der Waals surface area contributed by atoms with E-state index in [2.05, 4.69) is 27.0 Å². The summed E-state index contributed by atoms with van der Waals surface area (Å²) < 4.78 is 19.0. The number of hydrogen-bond donors (Lipinski definition) is 1. The molecule has 1 N–H and O–H groups in total. The summed E-state index contributed by atoms with van der Waals surface area (Å²) in [5.41, 5.74) is 2.32. The van der Waals surface area contributed by atoms with E-state index in [0.717, 1.165) is 45.0 Å². The fraction of sp³-hybridized carbons (Fsp3) is 0.412. The average Bonchev–Trinajstić information content (AvgIpc) is 3.06. The molecule has 1 aliphatic heterocycles. The van der Waals surface area contributed by atoms with Gasteiger partial charge >= 0.3 is 0 Å². The first kappa shape index (κ1) is 18.4. The molecule has 1 aromatic heterocycles. The zero-order valence-electron chi connectivity index (χ0n) is 12.9. The van der Waals surface area contributed by atoms with Gasteiger partial charge in [0.05, 0.1) is 13.2 Å². The fourth-order valence-corrected chi connectivity index (χ4v) is 3.48. The average molecular weight is 357 g/mol. The molecule has 1 saturated heterocycles. The number of thiophene rings is 1. The lowest BCUT2D eigenvalue weighted by Crippen LogP contribution is -2.42. The summed E-state index contributed by atoms with van der Waals surface area (Å²) in [6.45, 7) is 4.92. The van der Waals surface area contributed by atoms with Crippen LogP contribution in [0.15, 0.2) is 41.1 Å². The third-order valence-electron chi connectivity index (χ3n) is 3.97. The van der Waals surface area contributed by atoms with Crippen LogP contribution in [0.2, 0.25) is 0 Å². The van der Waals surface area contributed by atoms with Gasteiger partial charge in [-0.25, -0.2) is 4.39 Å². The lowest BCUT2D eigenvalue weighted by molar-refractivity contribution is 0.0160. The molecule has 0 spiro atoms. The minimum atomic E-state index is -0.173. The van der Waals surface area contributed by atoms with E-state index >= 15 is 0 Å². The quantitative estimate of drug-likeness (QED) is 0.857. The van der Waals surface area contributed by atoms with E-state index in [1.54, 1.807) is 23.5 Å². The van der Waals surface area contributed by atoms with E-state index in [1.807, 2.05) is 6.07 Å². The molecule has 3 nitrogen and oxygen atoms in total. The normalized spacial score (nSPS) is 16.7. The van der Waals surface area contributed by atoms with Crippen molar-refractivity contribution in [1.82, 2.24) is 10.2 Å². The first-order valence-electron chi connectivity index (χ1n) is 7.62. The lowest BCUT2D eigenvalue weighted by atomic mass is 10.0. The Labute approximate surface area is 146 Å². The van der Waals surface area contributed by atoms with Gasteiger partial charge in [-0.15, -0.1) is 12.4 Å². The largest absolute Gasteiger partial charge is 0.379 e. The summed E-state index contributed by atoms with van der Waals surface area (Å²) in [5, 5.41) is 7.74.